The third kappa shape index (κ3) is 3.27. The van der Waals surface area contributed by atoms with E-state index in [0.29, 0.717) is 5.56 Å². The van der Waals surface area contributed by atoms with Crippen molar-refractivity contribution in [1.82, 2.24) is 10.3 Å². The van der Waals surface area contributed by atoms with Gasteiger partial charge in [-0.3, -0.25) is 9.78 Å². The van der Waals surface area contributed by atoms with E-state index in [4.69, 9.17) is 0 Å². The first-order valence-electron chi connectivity index (χ1n) is 6.07. The van der Waals surface area contributed by atoms with Crippen LogP contribution in [0.3, 0.4) is 0 Å². The largest absolute Gasteiger partial charge is 0.393 e. The van der Waals surface area contributed by atoms with Gasteiger partial charge in [-0.2, -0.15) is 0 Å². The van der Waals surface area contributed by atoms with Crippen molar-refractivity contribution in [3.63, 3.8) is 0 Å². The molecule has 0 aliphatic heterocycles. The summed E-state index contributed by atoms with van der Waals surface area (Å²) in [6.45, 7) is 1.89. The van der Waals surface area contributed by atoms with Gasteiger partial charge in [0.25, 0.3) is 5.91 Å². The van der Waals surface area contributed by atoms with Gasteiger partial charge in [0.15, 0.2) is 0 Å². The van der Waals surface area contributed by atoms with Gasteiger partial charge in [-0.25, -0.2) is 0 Å². The molecule has 0 spiro atoms. The number of nitrogens with zero attached hydrogens (tertiary/aromatic N) is 1. The second-order valence-corrected chi connectivity index (χ2v) is 4.67. The predicted octanol–water partition coefficient (Wildman–Crippen LogP) is 1.42. The van der Waals surface area contributed by atoms with Gasteiger partial charge in [-0.1, -0.05) is 0 Å². The van der Waals surface area contributed by atoms with Crippen LogP contribution in [0.5, 0.6) is 0 Å². The Kier molecular flexibility index (Phi) is 3.74. The molecule has 0 aromatic carbocycles. The Morgan fingerprint density at radius 3 is 2.65 bits per heavy atom. The quantitative estimate of drug-likeness (QED) is 0.813. The topological polar surface area (TPSA) is 62.2 Å². The zero-order chi connectivity index (χ0) is 12.3. The number of nitrogens with one attached hydrogen (secondary N) is 1. The van der Waals surface area contributed by atoms with Crippen molar-refractivity contribution in [2.75, 3.05) is 0 Å². The van der Waals surface area contributed by atoms with E-state index in [1.807, 2.05) is 13.0 Å². The van der Waals surface area contributed by atoms with Crippen LogP contribution < -0.4 is 5.32 Å². The molecule has 0 atom stereocenters. The number of aliphatic hydroxyl groups is 1. The van der Waals surface area contributed by atoms with Crippen molar-refractivity contribution in [3.05, 3.63) is 29.6 Å². The number of hydrogen-bond acceptors (Lipinski definition) is 3. The zero-order valence-electron chi connectivity index (χ0n) is 10.0. The van der Waals surface area contributed by atoms with Crippen LogP contribution in [0.2, 0.25) is 0 Å². The van der Waals surface area contributed by atoms with Crippen LogP contribution in [0.4, 0.5) is 0 Å². The Bertz CT molecular complexity index is 381. The highest BCUT2D eigenvalue weighted by Crippen LogP contribution is 2.18. The standard InChI is InChI=1S/C13H18N2O2/c1-9-2-3-10(8-14-9)13(17)15-11-4-6-12(16)7-5-11/h2-3,8,11-12,16H,4-7H2,1H3,(H,15,17). The van der Waals surface area contributed by atoms with Gasteiger partial charge < -0.3 is 10.4 Å². The molecular weight excluding hydrogens is 216 g/mol. The van der Waals surface area contributed by atoms with Crippen LogP contribution in [0.1, 0.15) is 41.7 Å². The Labute approximate surface area is 101 Å². The van der Waals surface area contributed by atoms with Gasteiger partial charge in [-0.05, 0) is 44.7 Å². The Morgan fingerprint density at radius 2 is 2.06 bits per heavy atom. The molecule has 0 unspecified atom stereocenters. The van der Waals surface area contributed by atoms with Crippen LogP contribution in [0.15, 0.2) is 18.3 Å². The summed E-state index contributed by atoms with van der Waals surface area (Å²) in [4.78, 5) is 16.0. The summed E-state index contributed by atoms with van der Waals surface area (Å²) in [6.07, 6.45) is 4.67. The number of aliphatic hydroxyl groups excluding tert-OH is 1. The highest BCUT2D eigenvalue weighted by Gasteiger charge is 2.21. The molecule has 1 aromatic rings. The molecule has 2 N–H and O–H groups in total. The predicted molar refractivity (Wildman–Crippen MR) is 64.7 cm³/mol. The molecule has 0 radical (unpaired) electrons. The van der Waals surface area contributed by atoms with E-state index in [-0.39, 0.29) is 18.1 Å². The van der Waals surface area contributed by atoms with E-state index in [1.165, 1.54) is 0 Å². The van der Waals surface area contributed by atoms with E-state index in [9.17, 15) is 9.90 Å². The number of aryl methyl sites for hydroxylation is 1. The van der Waals surface area contributed by atoms with Crippen LogP contribution in [0.25, 0.3) is 0 Å². The maximum atomic E-state index is 11.9. The molecule has 92 valence electrons. The third-order valence-electron chi connectivity index (χ3n) is 3.21. The van der Waals surface area contributed by atoms with Crippen LogP contribution in [-0.2, 0) is 0 Å². The molecule has 1 saturated carbocycles. The number of carbonyl (C=O) groups excluding carboxylic acids is 1. The van der Waals surface area contributed by atoms with Gasteiger partial charge in [0.1, 0.15) is 0 Å². The summed E-state index contributed by atoms with van der Waals surface area (Å²) < 4.78 is 0. The first-order valence-corrected chi connectivity index (χ1v) is 6.07. The number of rotatable bonds is 2. The molecule has 1 amide bonds. The number of pyridine rings is 1. The van der Waals surface area contributed by atoms with Gasteiger partial charge in [0.05, 0.1) is 11.7 Å². The lowest BCUT2D eigenvalue weighted by molar-refractivity contribution is 0.0867. The van der Waals surface area contributed by atoms with Gasteiger partial charge in [0, 0.05) is 17.9 Å². The van der Waals surface area contributed by atoms with Crippen molar-refractivity contribution >= 4 is 5.91 Å². The molecule has 1 fully saturated rings. The fourth-order valence-corrected chi connectivity index (χ4v) is 2.09. The van der Waals surface area contributed by atoms with E-state index in [0.717, 1.165) is 31.4 Å². The summed E-state index contributed by atoms with van der Waals surface area (Å²) in [7, 11) is 0. The number of carbonyl (C=O) groups is 1. The highest BCUT2D eigenvalue weighted by molar-refractivity contribution is 5.94. The average Bonchev–Trinajstić information content (AvgIpc) is 2.33. The van der Waals surface area contributed by atoms with E-state index < -0.39 is 0 Å². The van der Waals surface area contributed by atoms with E-state index >= 15 is 0 Å². The van der Waals surface area contributed by atoms with Crippen LogP contribution in [0, 0.1) is 6.92 Å². The molecule has 4 nitrogen and oxygen atoms in total. The maximum absolute atomic E-state index is 11.9. The normalized spacial score (nSPS) is 24.4. The Balaban J connectivity index is 1.91. The summed E-state index contributed by atoms with van der Waals surface area (Å²) in [5.41, 5.74) is 1.50. The molecule has 2 rings (SSSR count). The first kappa shape index (κ1) is 12.0. The lowest BCUT2D eigenvalue weighted by Crippen LogP contribution is -2.38. The fraction of sp³-hybridized carbons (Fsp3) is 0.538. The SMILES string of the molecule is Cc1ccc(C(=O)NC2CCC(O)CC2)cn1. The molecule has 1 aliphatic rings. The molecular formula is C13H18N2O2. The third-order valence-corrected chi connectivity index (χ3v) is 3.21. The first-order chi connectivity index (χ1) is 8.15. The molecule has 0 bridgehead atoms. The number of aromatic nitrogens is 1. The van der Waals surface area contributed by atoms with Gasteiger partial charge >= 0.3 is 0 Å². The maximum Gasteiger partial charge on any atom is 0.253 e. The summed E-state index contributed by atoms with van der Waals surface area (Å²) >= 11 is 0. The monoisotopic (exact) mass is 234 g/mol. The molecule has 1 aliphatic carbocycles. The lowest BCUT2D eigenvalue weighted by atomic mass is 9.93. The zero-order valence-corrected chi connectivity index (χ0v) is 10.0. The minimum absolute atomic E-state index is 0.0705. The number of amides is 1. The lowest BCUT2D eigenvalue weighted by Gasteiger charge is -2.26. The average molecular weight is 234 g/mol. The molecule has 0 saturated heterocycles. The Morgan fingerprint density at radius 1 is 1.35 bits per heavy atom. The smallest absolute Gasteiger partial charge is 0.253 e. The second kappa shape index (κ2) is 5.27. The van der Waals surface area contributed by atoms with Crippen molar-refractivity contribution in [3.8, 4) is 0 Å². The summed E-state index contributed by atoms with van der Waals surface area (Å²) in [6, 6.07) is 3.81. The molecule has 1 aromatic heterocycles. The van der Waals surface area contributed by atoms with Crippen molar-refractivity contribution < 1.29 is 9.90 Å². The van der Waals surface area contributed by atoms with Gasteiger partial charge in [-0.15, -0.1) is 0 Å². The van der Waals surface area contributed by atoms with Gasteiger partial charge in [0.2, 0.25) is 0 Å². The molecule has 1 heterocycles. The van der Waals surface area contributed by atoms with Crippen LogP contribution >= 0.6 is 0 Å². The second-order valence-electron chi connectivity index (χ2n) is 4.67. The van der Waals surface area contributed by atoms with E-state index in [2.05, 4.69) is 10.3 Å². The minimum atomic E-state index is -0.191. The van der Waals surface area contributed by atoms with Crippen LogP contribution in [-0.4, -0.2) is 28.1 Å². The van der Waals surface area contributed by atoms with Crippen molar-refractivity contribution in [1.29, 1.82) is 0 Å². The summed E-state index contributed by atoms with van der Waals surface area (Å²) in [5.74, 6) is -0.0705. The minimum Gasteiger partial charge on any atom is -0.393 e. The highest BCUT2D eigenvalue weighted by atomic mass is 16.3. The number of hydrogen-bond donors (Lipinski definition) is 2. The van der Waals surface area contributed by atoms with Crippen molar-refractivity contribution in [2.24, 2.45) is 0 Å². The van der Waals surface area contributed by atoms with Crippen molar-refractivity contribution in [2.45, 2.75) is 44.8 Å². The van der Waals surface area contributed by atoms with E-state index in [1.54, 1.807) is 12.3 Å². The Hall–Kier alpha value is -1.42. The fourth-order valence-electron chi connectivity index (χ4n) is 2.09. The molecule has 17 heavy (non-hydrogen) atoms. The summed E-state index contributed by atoms with van der Waals surface area (Å²) in [5, 5.41) is 12.4. The molecule has 4 heteroatoms.